The predicted molar refractivity (Wildman–Crippen MR) is 95.8 cm³/mol. The van der Waals surface area contributed by atoms with E-state index in [9.17, 15) is 4.79 Å². The van der Waals surface area contributed by atoms with Crippen LogP contribution in [-0.4, -0.2) is 22.5 Å². The normalized spacial score (nSPS) is 16.0. The van der Waals surface area contributed by atoms with Crippen molar-refractivity contribution in [2.24, 2.45) is 0 Å². The molecule has 5 rings (SSSR count). The zero-order valence-electron chi connectivity index (χ0n) is 12.9. The summed E-state index contributed by atoms with van der Waals surface area (Å²) in [6, 6.07) is 11.6. The van der Waals surface area contributed by atoms with Crippen LogP contribution in [0.2, 0.25) is 0 Å². The Morgan fingerprint density at radius 3 is 2.83 bits per heavy atom. The summed E-state index contributed by atoms with van der Waals surface area (Å²) in [4.78, 5) is 20.2. The van der Waals surface area contributed by atoms with Gasteiger partial charge in [-0.2, -0.15) is 0 Å². The standard InChI is InChI=1S/C18H15N3O2S/c22-17-15(11-12-7-8-16(23-12)20-9-3-4-10-20)24-18-19-13-5-1-2-6-14(13)21(17)18/h1-2,5-8,11H,3-4,9-10H2. The van der Waals surface area contributed by atoms with Gasteiger partial charge in [0.15, 0.2) is 10.8 Å². The largest absolute Gasteiger partial charge is 0.441 e. The minimum Gasteiger partial charge on any atom is -0.441 e. The highest BCUT2D eigenvalue weighted by molar-refractivity contribution is 7.15. The molecule has 24 heavy (non-hydrogen) atoms. The number of imidazole rings is 1. The van der Waals surface area contributed by atoms with Crippen molar-refractivity contribution in [3.63, 3.8) is 0 Å². The van der Waals surface area contributed by atoms with Crippen molar-refractivity contribution in [1.29, 1.82) is 0 Å². The van der Waals surface area contributed by atoms with Gasteiger partial charge in [0.25, 0.3) is 5.56 Å². The van der Waals surface area contributed by atoms with Crippen LogP contribution in [-0.2, 0) is 0 Å². The molecule has 0 aliphatic carbocycles. The SMILES string of the molecule is O=c1c(=Cc2ccc(N3CCCC3)o2)sc2nc3ccccc3n12. The average molecular weight is 337 g/mol. The van der Waals surface area contributed by atoms with Gasteiger partial charge < -0.3 is 9.32 Å². The molecule has 1 aliphatic rings. The molecule has 0 bridgehead atoms. The monoisotopic (exact) mass is 337 g/mol. The van der Waals surface area contributed by atoms with Crippen molar-refractivity contribution in [3.8, 4) is 0 Å². The number of rotatable bonds is 2. The molecule has 3 aromatic heterocycles. The van der Waals surface area contributed by atoms with E-state index >= 15 is 0 Å². The molecule has 6 heteroatoms. The number of nitrogens with zero attached hydrogens (tertiary/aromatic N) is 3. The molecule has 1 aliphatic heterocycles. The number of benzene rings is 1. The molecule has 0 radical (unpaired) electrons. The highest BCUT2D eigenvalue weighted by Crippen LogP contribution is 2.23. The Labute approximate surface area is 141 Å². The van der Waals surface area contributed by atoms with Crippen molar-refractivity contribution in [3.05, 3.63) is 57.0 Å². The van der Waals surface area contributed by atoms with Crippen LogP contribution in [0.4, 0.5) is 5.88 Å². The molecule has 120 valence electrons. The zero-order chi connectivity index (χ0) is 16.1. The summed E-state index contributed by atoms with van der Waals surface area (Å²) < 4.78 is 8.22. The summed E-state index contributed by atoms with van der Waals surface area (Å²) in [5.41, 5.74) is 1.66. The maximum atomic E-state index is 12.7. The lowest BCUT2D eigenvalue weighted by atomic mass is 10.3. The topological polar surface area (TPSA) is 50.8 Å². The summed E-state index contributed by atoms with van der Waals surface area (Å²) in [5.74, 6) is 1.60. The third kappa shape index (κ3) is 2.06. The van der Waals surface area contributed by atoms with E-state index in [0.29, 0.717) is 10.3 Å². The summed E-state index contributed by atoms with van der Waals surface area (Å²) in [7, 11) is 0. The maximum absolute atomic E-state index is 12.7. The zero-order valence-corrected chi connectivity index (χ0v) is 13.8. The van der Waals surface area contributed by atoms with Gasteiger partial charge in [0.05, 0.1) is 11.0 Å². The summed E-state index contributed by atoms with van der Waals surface area (Å²) in [5, 5.41) is 0. The Hall–Kier alpha value is -2.60. The first kappa shape index (κ1) is 13.8. The van der Waals surface area contributed by atoms with Crippen molar-refractivity contribution in [2.45, 2.75) is 12.8 Å². The number of hydrogen-bond donors (Lipinski definition) is 0. The molecule has 1 saturated heterocycles. The van der Waals surface area contributed by atoms with E-state index < -0.39 is 0 Å². The van der Waals surface area contributed by atoms with Crippen LogP contribution >= 0.6 is 11.3 Å². The number of para-hydroxylation sites is 2. The number of aromatic nitrogens is 2. The quantitative estimate of drug-likeness (QED) is 0.564. The van der Waals surface area contributed by atoms with Gasteiger partial charge >= 0.3 is 0 Å². The highest BCUT2D eigenvalue weighted by Gasteiger charge is 2.15. The van der Waals surface area contributed by atoms with Crippen molar-refractivity contribution in [2.75, 3.05) is 18.0 Å². The number of anilines is 1. The Bertz CT molecular complexity index is 1150. The van der Waals surface area contributed by atoms with Crippen LogP contribution in [0.3, 0.4) is 0 Å². The van der Waals surface area contributed by atoms with Crippen LogP contribution in [0.1, 0.15) is 18.6 Å². The third-order valence-corrected chi connectivity index (χ3v) is 5.42. The molecule has 0 saturated carbocycles. The minimum absolute atomic E-state index is 0.0391. The smallest absolute Gasteiger partial charge is 0.275 e. The lowest BCUT2D eigenvalue weighted by Crippen LogP contribution is -2.22. The van der Waals surface area contributed by atoms with Gasteiger partial charge in [-0.3, -0.25) is 4.79 Å². The van der Waals surface area contributed by atoms with E-state index in [2.05, 4.69) is 9.88 Å². The first-order chi connectivity index (χ1) is 11.8. The van der Waals surface area contributed by atoms with E-state index in [4.69, 9.17) is 4.42 Å². The highest BCUT2D eigenvalue weighted by atomic mass is 32.1. The lowest BCUT2D eigenvalue weighted by Gasteiger charge is -2.12. The lowest BCUT2D eigenvalue weighted by molar-refractivity contribution is 0.547. The Morgan fingerprint density at radius 2 is 1.96 bits per heavy atom. The summed E-state index contributed by atoms with van der Waals surface area (Å²) in [6.07, 6.45) is 4.23. The predicted octanol–water partition coefficient (Wildman–Crippen LogP) is 2.65. The molecule has 0 amide bonds. The molecule has 0 unspecified atom stereocenters. The maximum Gasteiger partial charge on any atom is 0.275 e. The molecule has 0 spiro atoms. The fourth-order valence-electron chi connectivity index (χ4n) is 3.27. The van der Waals surface area contributed by atoms with Crippen LogP contribution in [0, 0.1) is 0 Å². The first-order valence-electron chi connectivity index (χ1n) is 8.06. The molecule has 0 N–H and O–H groups in total. The van der Waals surface area contributed by atoms with Crippen molar-refractivity contribution < 1.29 is 4.42 Å². The van der Waals surface area contributed by atoms with Crippen LogP contribution in [0.15, 0.2) is 45.6 Å². The molecular weight excluding hydrogens is 322 g/mol. The molecule has 0 atom stereocenters. The van der Waals surface area contributed by atoms with E-state index in [0.717, 1.165) is 35.0 Å². The van der Waals surface area contributed by atoms with Crippen LogP contribution in [0.5, 0.6) is 0 Å². The number of furan rings is 1. The molecule has 1 aromatic carbocycles. The minimum atomic E-state index is -0.0391. The molecule has 1 fully saturated rings. The second kappa shape index (κ2) is 5.21. The molecule has 4 aromatic rings. The number of fused-ring (bicyclic) bond motifs is 3. The third-order valence-electron chi connectivity index (χ3n) is 4.45. The second-order valence-corrected chi connectivity index (χ2v) is 7.01. The Morgan fingerprint density at radius 1 is 1.12 bits per heavy atom. The van der Waals surface area contributed by atoms with E-state index in [1.807, 2.05) is 42.5 Å². The fraction of sp³-hybridized carbons (Fsp3) is 0.222. The van der Waals surface area contributed by atoms with Crippen molar-refractivity contribution in [1.82, 2.24) is 9.38 Å². The van der Waals surface area contributed by atoms with E-state index in [-0.39, 0.29) is 5.56 Å². The molecule has 4 heterocycles. The fourth-order valence-corrected chi connectivity index (χ4v) is 4.24. The Kier molecular flexibility index (Phi) is 2.99. The number of hydrogen-bond acceptors (Lipinski definition) is 5. The molecular formula is C18H15N3O2S. The van der Waals surface area contributed by atoms with Gasteiger partial charge in [-0.15, -0.1) is 0 Å². The summed E-state index contributed by atoms with van der Waals surface area (Å²) >= 11 is 1.40. The average Bonchev–Trinajstić information content (AvgIpc) is 3.34. The van der Waals surface area contributed by atoms with Gasteiger partial charge in [0.2, 0.25) is 0 Å². The van der Waals surface area contributed by atoms with Crippen LogP contribution < -0.4 is 15.0 Å². The van der Waals surface area contributed by atoms with Gasteiger partial charge in [0.1, 0.15) is 10.3 Å². The Balaban J connectivity index is 1.62. The second-order valence-electron chi connectivity index (χ2n) is 6.00. The van der Waals surface area contributed by atoms with E-state index in [1.165, 1.54) is 24.2 Å². The van der Waals surface area contributed by atoms with Crippen LogP contribution in [0.25, 0.3) is 22.1 Å². The first-order valence-corrected chi connectivity index (χ1v) is 8.88. The number of thiazole rings is 1. The molecule has 5 nitrogen and oxygen atoms in total. The van der Waals surface area contributed by atoms with Gasteiger partial charge in [-0.25, -0.2) is 9.38 Å². The van der Waals surface area contributed by atoms with Gasteiger partial charge in [-0.05, 0) is 31.0 Å². The van der Waals surface area contributed by atoms with Gasteiger partial charge in [0, 0.05) is 25.2 Å². The van der Waals surface area contributed by atoms with Gasteiger partial charge in [-0.1, -0.05) is 23.5 Å². The van der Waals surface area contributed by atoms with Crippen molar-refractivity contribution >= 4 is 39.3 Å². The van der Waals surface area contributed by atoms with E-state index in [1.54, 1.807) is 4.40 Å². The summed E-state index contributed by atoms with van der Waals surface area (Å²) in [6.45, 7) is 2.08.